The van der Waals surface area contributed by atoms with Crippen LogP contribution in [0.25, 0.3) is 11.1 Å². The SMILES string of the molecule is O=C1C[C@H](c2ccc(Cl)c(-c3ccc(C(=O)O)cc3)c2)CN1. The molecule has 22 heavy (non-hydrogen) atoms. The molecule has 5 heteroatoms. The van der Waals surface area contributed by atoms with Crippen LogP contribution in [0.1, 0.15) is 28.3 Å². The lowest BCUT2D eigenvalue weighted by atomic mass is 9.94. The Labute approximate surface area is 132 Å². The maximum Gasteiger partial charge on any atom is 0.335 e. The molecular weight excluding hydrogens is 302 g/mol. The smallest absolute Gasteiger partial charge is 0.335 e. The van der Waals surface area contributed by atoms with E-state index in [1.54, 1.807) is 24.3 Å². The molecule has 0 aliphatic carbocycles. The number of nitrogens with one attached hydrogen (secondary N) is 1. The van der Waals surface area contributed by atoms with Crippen molar-refractivity contribution in [3.05, 3.63) is 58.6 Å². The highest BCUT2D eigenvalue weighted by atomic mass is 35.5. The molecule has 2 aromatic carbocycles. The second-order valence-corrected chi connectivity index (χ2v) is 5.73. The molecule has 1 saturated heterocycles. The number of carbonyl (C=O) groups is 2. The maximum absolute atomic E-state index is 11.4. The van der Waals surface area contributed by atoms with Crippen LogP contribution in [0.2, 0.25) is 5.02 Å². The molecule has 112 valence electrons. The molecule has 0 saturated carbocycles. The quantitative estimate of drug-likeness (QED) is 0.913. The normalized spacial score (nSPS) is 17.3. The van der Waals surface area contributed by atoms with Crippen LogP contribution in [0.5, 0.6) is 0 Å². The van der Waals surface area contributed by atoms with Gasteiger partial charge in [-0.05, 0) is 35.4 Å². The molecule has 1 amide bonds. The summed E-state index contributed by atoms with van der Waals surface area (Å²) in [5.41, 5.74) is 2.99. The molecule has 1 aliphatic rings. The van der Waals surface area contributed by atoms with E-state index in [1.165, 1.54) is 0 Å². The summed E-state index contributed by atoms with van der Waals surface area (Å²) in [6, 6.07) is 12.3. The van der Waals surface area contributed by atoms with Gasteiger partial charge in [-0.1, -0.05) is 29.8 Å². The number of aromatic carboxylic acids is 1. The molecule has 2 N–H and O–H groups in total. The number of carbonyl (C=O) groups excluding carboxylic acids is 1. The van der Waals surface area contributed by atoms with Crippen molar-refractivity contribution >= 4 is 23.5 Å². The number of amides is 1. The van der Waals surface area contributed by atoms with E-state index in [2.05, 4.69) is 5.32 Å². The fraction of sp³-hybridized carbons (Fsp3) is 0.176. The van der Waals surface area contributed by atoms with E-state index < -0.39 is 5.97 Å². The van der Waals surface area contributed by atoms with Gasteiger partial charge in [0.15, 0.2) is 0 Å². The number of rotatable bonds is 3. The lowest BCUT2D eigenvalue weighted by Crippen LogP contribution is -2.13. The van der Waals surface area contributed by atoms with E-state index in [4.69, 9.17) is 16.7 Å². The summed E-state index contributed by atoms with van der Waals surface area (Å²) in [7, 11) is 0. The number of benzene rings is 2. The van der Waals surface area contributed by atoms with Gasteiger partial charge in [-0.25, -0.2) is 4.79 Å². The summed E-state index contributed by atoms with van der Waals surface area (Å²) in [6.45, 7) is 0.637. The molecule has 0 unspecified atom stereocenters. The Morgan fingerprint density at radius 3 is 2.50 bits per heavy atom. The van der Waals surface area contributed by atoms with E-state index in [1.807, 2.05) is 18.2 Å². The highest BCUT2D eigenvalue weighted by molar-refractivity contribution is 6.33. The van der Waals surface area contributed by atoms with Gasteiger partial charge >= 0.3 is 5.97 Å². The van der Waals surface area contributed by atoms with Gasteiger partial charge in [-0.2, -0.15) is 0 Å². The van der Waals surface area contributed by atoms with E-state index in [-0.39, 0.29) is 17.4 Å². The molecule has 0 spiro atoms. The van der Waals surface area contributed by atoms with Crippen LogP contribution in [0.3, 0.4) is 0 Å². The summed E-state index contributed by atoms with van der Waals surface area (Å²) in [4.78, 5) is 22.3. The highest BCUT2D eigenvalue weighted by Gasteiger charge is 2.23. The monoisotopic (exact) mass is 315 g/mol. The van der Waals surface area contributed by atoms with Crippen LogP contribution in [0, 0.1) is 0 Å². The highest BCUT2D eigenvalue weighted by Crippen LogP contribution is 2.33. The molecule has 3 rings (SSSR count). The standard InChI is InChI=1S/C17H14ClNO3/c18-15-6-5-12(13-8-16(20)19-9-13)7-14(15)10-1-3-11(4-2-10)17(21)22/h1-7,13H,8-9H2,(H,19,20)(H,21,22)/t13-/m0/s1. The molecule has 0 aromatic heterocycles. The number of carboxylic acid groups (broad SMARTS) is 1. The minimum Gasteiger partial charge on any atom is -0.478 e. The van der Waals surface area contributed by atoms with Crippen LogP contribution in [0.15, 0.2) is 42.5 Å². The minimum atomic E-state index is -0.957. The van der Waals surface area contributed by atoms with Crippen molar-refractivity contribution in [2.45, 2.75) is 12.3 Å². The van der Waals surface area contributed by atoms with Gasteiger partial charge in [-0.15, -0.1) is 0 Å². The maximum atomic E-state index is 11.4. The second kappa shape index (κ2) is 5.81. The van der Waals surface area contributed by atoms with Crippen LogP contribution in [0.4, 0.5) is 0 Å². The Hall–Kier alpha value is -2.33. The van der Waals surface area contributed by atoms with Gasteiger partial charge < -0.3 is 10.4 Å². The van der Waals surface area contributed by atoms with E-state index >= 15 is 0 Å². The van der Waals surface area contributed by atoms with E-state index in [0.29, 0.717) is 18.0 Å². The Kier molecular flexibility index (Phi) is 3.86. The van der Waals surface area contributed by atoms with Crippen molar-refractivity contribution in [2.75, 3.05) is 6.54 Å². The Morgan fingerprint density at radius 1 is 1.18 bits per heavy atom. The molecule has 1 fully saturated rings. The molecule has 4 nitrogen and oxygen atoms in total. The van der Waals surface area contributed by atoms with Crippen molar-refractivity contribution in [2.24, 2.45) is 0 Å². The molecule has 1 aliphatic heterocycles. The summed E-state index contributed by atoms with van der Waals surface area (Å²) >= 11 is 6.27. The summed E-state index contributed by atoms with van der Waals surface area (Å²) in [6.07, 6.45) is 0.485. The van der Waals surface area contributed by atoms with Gasteiger partial charge in [0.2, 0.25) is 5.91 Å². The van der Waals surface area contributed by atoms with Crippen LogP contribution < -0.4 is 5.32 Å². The Morgan fingerprint density at radius 2 is 1.91 bits per heavy atom. The Balaban J connectivity index is 1.95. The van der Waals surface area contributed by atoms with Gasteiger partial charge in [0.05, 0.1) is 5.56 Å². The van der Waals surface area contributed by atoms with Crippen molar-refractivity contribution in [3.63, 3.8) is 0 Å². The van der Waals surface area contributed by atoms with Crippen molar-refractivity contribution < 1.29 is 14.7 Å². The fourth-order valence-electron chi connectivity index (χ4n) is 2.65. The number of hydrogen-bond acceptors (Lipinski definition) is 2. The predicted octanol–water partition coefficient (Wildman–Crippen LogP) is 3.31. The first-order valence-electron chi connectivity index (χ1n) is 6.94. The predicted molar refractivity (Wildman–Crippen MR) is 84.2 cm³/mol. The molecule has 1 atom stereocenters. The second-order valence-electron chi connectivity index (χ2n) is 5.33. The summed E-state index contributed by atoms with van der Waals surface area (Å²) in [5.74, 6) is -0.740. The zero-order valence-corrected chi connectivity index (χ0v) is 12.4. The topological polar surface area (TPSA) is 66.4 Å². The van der Waals surface area contributed by atoms with Crippen LogP contribution in [-0.4, -0.2) is 23.5 Å². The zero-order chi connectivity index (χ0) is 15.7. The van der Waals surface area contributed by atoms with Gasteiger partial charge in [0, 0.05) is 29.5 Å². The van der Waals surface area contributed by atoms with Crippen molar-refractivity contribution in [3.8, 4) is 11.1 Å². The fourth-order valence-corrected chi connectivity index (χ4v) is 2.88. The Bertz CT molecular complexity index is 740. The third-order valence-electron chi connectivity index (χ3n) is 3.88. The molecule has 0 radical (unpaired) electrons. The average molecular weight is 316 g/mol. The van der Waals surface area contributed by atoms with Crippen molar-refractivity contribution in [1.29, 1.82) is 0 Å². The first kappa shape index (κ1) is 14.6. The largest absolute Gasteiger partial charge is 0.478 e. The van der Waals surface area contributed by atoms with Gasteiger partial charge in [0.1, 0.15) is 0 Å². The summed E-state index contributed by atoms with van der Waals surface area (Å²) in [5, 5.41) is 12.4. The van der Waals surface area contributed by atoms with E-state index in [9.17, 15) is 9.59 Å². The third kappa shape index (κ3) is 2.83. The van der Waals surface area contributed by atoms with Gasteiger partial charge in [-0.3, -0.25) is 4.79 Å². The van der Waals surface area contributed by atoms with E-state index in [0.717, 1.165) is 16.7 Å². The van der Waals surface area contributed by atoms with Crippen LogP contribution >= 0.6 is 11.6 Å². The molecule has 0 bridgehead atoms. The van der Waals surface area contributed by atoms with Crippen molar-refractivity contribution in [1.82, 2.24) is 5.32 Å². The van der Waals surface area contributed by atoms with Crippen LogP contribution in [-0.2, 0) is 4.79 Å². The number of halogens is 1. The number of hydrogen-bond donors (Lipinski definition) is 2. The molecular formula is C17H14ClNO3. The molecule has 1 heterocycles. The zero-order valence-electron chi connectivity index (χ0n) is 11.7. The minimum absolute atomic E-state index is 0.0623. The third-order valence-corrected chi connectivity index (χ3v) is 4.21. The first-order chi connectivity index (χ1) is 10.5. The molecule has 2 aromatic rings. The summed E-state index contributed by atoms with van der Waals surface area (Å²) < 4.78 is 0. The average Bonchev–Trinajstić information content (AvgIpc) is 2.94. The first-order valence-corrected chi connectivity index (χ1v) is 7.32. The number of carboxylic acids is 1. The lowest BCUT2D eigenvalue weighted by molar-refractivity contribution is -0.119. The lowest BCUT2D eigenvalue weighted by Gasteiger charge is -2.12. The van der Waals surface area contributed by atoms with Gasteiger partial charge in [0.25, 0.3) is 0 Å².